The Bertz CT molecular complexity index is 551. The van der Waals surface area contributed by atoms with Crippen molar-refractivity contribution in [1.29, 1.82) is 0 Å². The molecule has 1 fully saturated rings. The van der Waals surface area contributed by atoms with E-state index >= 15 is 0 Å². The van der Waals surface area contributed by atoms with E-state index in [-0.39, 0.29) is 0 Å². The van der Waals surface area contributed by atoms with Crippen LogP contribution in [0.25, 0.3) is 11.3 Å². The molecule has 1 aromatic carbocycles. The second-order valence-electron chi connectivity index (χ2n) is 4.85. The number of benzene rings is 1. The number of hydrogen-bond donors (Lipinski definition) is 1. The molecule has 1 aliphatic carbocycles. The van der Waals surface area contributed by atoms with Gasteiger partial charge >= 0.3 is 0 Å². The van der Waals surface area contributed by atoms with Crippen LogP contribution >= 0.6 is 0 Å². The van der Waals surface area contributed by atoms with Gasteiger partial charge in [-0.25, -0.2) is 4.98 Å². The van der Waals surface area contributed by atoms with Crippen molar-refractivity contribution in [3.05, 3.63) is 30.2 Å². The molecular formula is C15H18N2O2. The summed E-state index contributed by atoms with van der Waals surface area (Å²) in [6, 6.07) is 5.79. The lowest BCUT2D eigenvalue weighted by Crippen LogP contribution is -2.10. The minimum Gasteiger partial charge on any atom is -0.496 e. The lowest BCUT2D eigenvalue weighted by Gasteiger charge is -2.22. The molecule has 0 atom stereocenters. The molecule has 19 heavy (non-hydrogen) atoms. The second kappa shape index (κ2) is 4.96. The molecule has 100 valence electrons. The number of nitrogens with zero attached hydrogens (tertiary/aromatic N) is 1. The number of rotatable bonds is 4. The van der Waals surface area contributed by atoms with Crippen molar-refractivity contribution in [2.75, 3.05) is 14.2 Å². The van der Waals surface area contributed by atoms with E-state index in [2.05, 4.69) is 9.97 Å². The molecule has 1 saturated carbocycles. The van der Waals surface area contributed by atoms with Crippen molar-refractivity contribution in [2.45, 2.75) is 25.2 Å². The number of imidazole rings is 1. The molecule has 0 saturated heterocycles. The summed E-state index contributed by atoms with van der Waals surface area (Å²) < 4.78 is 10.8. The lowest BCUT2D eigenvalue weighted by atomic mass is 9.85. The third kappa shape index (κ3) is 2.07. The van der Waals surface area contributed by atoms with Crippen LogP contribution in [0.1, 0.15) is 31.0 Å². The van der Waals surface area contributed by atoms with Gasteiger partial charge in [0.05, 0.1) is 31.7 Å². The van der Waals surface area contributed by atoms with Crippen LogP contribution in [0.5, 0.6) is 11.5 Å². The smallest absolute Gasteiger partial charge is 0.131 e. The molecule has 0 aliphatic heterocycles. The molecule has 1 aromatic heterocycles. The lowest BCUT2D eigenvalue weighted by molar-refractivity contribution is 0.396. The Morgan fingerprint density at radius 1 is 1.16 bits per heavy atom. The number of hydrogen-bond acceptors (Lipinski definition) is 3. The molecule has 3 rings (SSSR count). The van der Waals surface area contributed by atoms with Gasteiger partial charge in [-0.05, 0) is 25.0 Å². The fourth-order valence-electron chi connectivity index (χ4n) is 2.47. The molecule has 1 heterocycles. The SMILES string of the molecule is COc1cccc(OC)c1-c1cnc(C2CCC2)[nH]1. The Hall–Kier alpha value is -1.97. The molecular weight excluding hydrogens is 240 g/mol. The van der Waals surface area contributed by atoms with E-state index < -0.39 is 0 Å². The van der Waals surface area contributed by atoms with Gasteiger partial charge in [0, 0.05) is 5.92 Å². The zero-order chi connectivity index (χ0) is 13.2. The molecule has 0 radical (unpaired) electrons. The fraction of sp³-hybridized carbons (Fsp3) is 0.400. The first-order valence-electron chi connectivity index (χ1n) is 6.59. The number of H-pyrrole nitrogens is 1. The summed E-state index contributed by atoms with van der Waals surface area (Å²) in [7, 11) is 3.34. The van der Waals surface area contributed by atoms with Crippen molar-refractivity contribution in [2.24, 2.45) is 0 Å². The van der Waals surface area contributed by atoms with Crippen LogP contribution in [-0.4, -0.2) is 24.2 Å². The maximum atomic E-state index is 5.42. The number of aromatic nitrogens is 2. The highest BCUT2D eigenvalue weighted by Crippen LogP contribution is 2.40. The van der Waals surface area contributed by atoms with E-state index in [0.717, 1.165) is 28.6 Å². The molecule has 2 aromatic rings. The van der Waals surface area contributed by atoms with Crippen LogP contribution in [0.2, 0.25) is 0 Å². The predicted molar refractivity (Wildman–Crippen MR) is 73.7 cm³/mol. The Balaban J connectivity index is 2.02. The standard InChI is InChI=1S/C15H18N2O2/c1-18-12-7-4-8-13(19-2)14(12)11-9-16-15(17-11)10-5-3-6-10/h4,7-10H,3,5-6H2,1-2H3,(H,16,17). The highest BCUT2D eigenvalue weighted by atomic mass is 16.5. The van der Waals surface area contributed by atoms with Gasteiger partial charge in [-0.3, -0.25) is 0 Å². The van der Waals surface area contributed by atoms with Crippen molar-refractivity contribution in [1.82, 2.24) is 9.97 Å². The van der Waals surface area contributed by atoms with E-state index in [1.807, 2.05) is 24.4 Å². The zero-order valence-corrected chi connectivity index (χ0v) is 11.3. The Kier molecular flexibility index (Phi) is 3.15. The van der Waals surface area contributed by atoms with Gasteiger partial charge < -0.3 is 14.5 Å². The molecule has 1 aliphatic rings. The van der Waals surface area contributed by atoms with Crippen LogP contribution in [-0.2, 0) is 0 Å². The third-order valence-electron chi connectivity index (χ3n) is 3.78. The maximum Gasteiger partial charge on any atom is 0.131 e. The van der Waals surface area contributed by atoms with Gasteiger partial charge in [0.2, 0.25) is 0 Å². The third-order valence-corrected chi connectivity index (χ3v) is 3.78. The van der Waals surface area contributed by atoms with Crippen molar-refractivity contribution in [3.8, 4) is 22.8 Å². The first-order chi connectivity index (χ1) is 9.33. The molecule has 4 nitrogen and oxygen atoms in total. The minimum absolute atomic E-state index is 0.592. The molecule has 0 bridgehead atoms. The van der Waals surface area contributed by atoms with Crippen LogP contribution in [0.3, 0.4) is 0 Å². The predicted octanol–water partition coefficient (Wildman–Crippen LogP) is 3.36. The number of methoxy groups -OCH3 is 2. The van der Waals surface area contributed by atoms with Gasteiger partial charge in [0.1, 0.15) is 17.3 Å². The van der Waals surface area contributed by atoms with Crippen molar-refractivity contribution in [3.63, 3.8) is 0 Å². The molecule has 0 spiro atoms. The van der Waals surface area contributed by atoms with Gasteiger partial charge in [0.25, 0.3) is 0 Å². The van der Waals surface area contributed by atoms with Gasteiger partial charge in [-0.1, -0.05) is 12.5 Å². The highest BCUT2D eigenvalue weighted by molar-refractivity contribution is 5.74. The molecule has 4 heteroatoms. The topological polar surface area (TPSA) is 47.1 Å². The van der Waals surface area contributed by atoms with Crippen molar-refractivity contribution < 1.29 is 9.47 Å². The monoisotopic (exact) mass is 258 g/mol. The number of ether oxygens (including phenoxy) is 2. The average molecular weight is 258 g/mol. The molecule has 0 unspecified atom stereocenters. The van der Waals surface area contributed by atoms with Crippen LogP contribution < -0.4 is 9.47 Å². The highest BCUT2D eigenvalue weighted by Gasteiger charge is 2.23. The summed E-state index contributed by atoms with van der Waals surface area (Å²) in [5, 5.41) is 0. The second-order valence-corrected chi connectivity index (χ2v) is 4.85. The minimum atomic E-state index is 0.592. The van der Waals surface area contributed by atoms with Crippen LogP contribution in [0, 0.1) is 0 Å². The van der Waals surface area contributed by atoms with Gasteiger partial charge in [0.15, 0.2) is 0 Å². The molecule has 1 N–H and O–H groups in total. The van der Waals surface area contributed by atoms with Crippen molar-refractivity contribution >= 4 is 0 Å². The Morgan fingerprint density at radius 3 is 2.37 bits per heavy atom. The summed E-state index contributed by atoms with van der Waals surface area (Å²) in [5.41, 5.74) is 1.89. The quantitative estimate of drug-likeness (QED) is 0.914. The summed E-state index contributed by atoms with van der Waals surface area (Å²) >= 11 is 0. The number of aromatic amines is 1. The number of nitrogens with one attached hydrogen (secondary N) is 1. The zero-order valence-electron chi connectivity index (χ0n) is 11.3. The first kappa shape index (κ1) is 12.1. The van der Waals surface area contributed by atoms with Gasteiger partial charge in [-0.2, -0.15) is 0 Å². The van der Waals surface area contributed by atoms with Crippen LogP contribution in [0.15, 0.2) is 24.4 Å². The van der Waals surface area contributed by atoms with E-state index in [1.165, 1.54) is 19.3 Å². The van der Waals surface area contributed by atoms with Gasteiger partial charge in [-0.15, -0.1) is 0 Å². The maximum absolute atomic E-state index is 5.42. The molecule has 0 amide bonds. The van der Waals surface area contributed by atoms with E-state index in [0.29, 0.717) is 5.92 Å². The fourth-order valence-corrected chi connectivity index (χ4v) is 2.47. The normalized spacial score (nSPS) is 15.1. The summed E-state index contributed by atoms with van der Waals surface area (Å²) in [4.78, 5) is 7.91. The summed E-state index contributed by atoms with van der Waals surface area (Å²) in [6.07, 6.45) is 5.64. The van der Waals surface area contributed by atoms with Crippen LogP contribution in [0.4, 0.5) is 0 Å². The largest absolute Gasteiger partial charge is 0.496 e. The van der Waals surface area contributed by atoms with E-state index in [4.69, 9.17) is 9.47 Å². The van der Waals surface area contributed by atoms with E-state index in [9.17, 15) is 0 Å². The Morgan fingerprint density at radius 2 is 1.84 bits per heavy atom. The summed E-state index contributed by atoms with van der Waals surface area (Å²) in [6.45, 7) is 0. The Labute approximate surface area is 112 Å². The first-order valence-corrected chi connectivity index (χ1v) is 6.59. The average Bonchev–Trinajstić information content (AvgIpc) is 2.84. The van der Waals surface area contributed by atoms with E-state index in [1.54, 1.807) is 14.2 Å². The summed E-state index contributed by atoms with van der Waals surface area (Å²) in [5.74, 6) is 3.26.